The van der Waals surface area contributed by atoms with Gasteiger partial charge in [-0.15, -0.1) is 0 Å². The zero-order valence-electron chi connectivity index (χ0n) is 32.5. The van der Waals surface area contributed by atoms with E-state index in [1.807, 2.05) is 39.8 Å². The van der Waals surface area contributed by atoms with E-state index in [1.54, 1.807) is 18.2 Å². The van der Waals surface area contributed by atoms with Gasteiger partial charge in [-0.25, -0.2) is 4.39 Å². The third-order valence-electron chi connectivity index (χ3n) is 8.89. The predicted molar refractivity (Wildman–Crippen MR) is 211 cm³/mol. The zero-order chi connectivity index (χ0) is 38.3. The van der Waals surface area contributed by atoms with Gasteiger partial charge in [-0.3, -0.25) is 19.4 Å². The van der Waals surface area contributed by atoms with Gasteiger partial charge < -0.3 is 10.6 Å². The summed E-state index contributed by atoms with van der Waals surface area (Å²) in [6, 6.07) is 10.5. The zero-order valence-corrected chi connectivity index (χ0v) is 34.8. The molecular weight excluding hydrogens is 694 g/mol. The lowest BCUT2D eigenvalue weighted by Crippen LogP contribution is -2.58. The van der Waals surface area contributed by atoms with Crippen LogP contribution in [0.2, 0.25) is 15.1 Å². The maximum absolute atomic E-state index is 13.2. The highest BCUT2D eigenvalue weighted by Crippen LogP contribution is 2.25. The molecule has 4 unspecified atom stereocenters. The largest absolute Gasteiger partial charge is 0.351 e. The highest BCUT2D eigenvalue weighted by Gasteiger charge is 2.33. The van der Waals surface area contributed by atoms with E-state index >= 15 is 0 Å². The van der Waals surface area contributed by atoms with Crippen molar-refractivity contribution in [1.29, 1.82) is 0 Å². The first-order chi connectivity index (χ1) is 23.4. The smallest absolute Gasteiger partial charge is 0.237 e. The van der Waals surface area contributed by atoms with Gasteiger partial charge in [0.1, 0.15) is 5.82 Å². The summed E-state index contributed by atoms with van der Waals surface area (Å²) in [5.41, 5.74) is 2.01. The predicted octanol–water partition coefficient (Wildman–Crippen LogP) is 10.3. The monoisotopic (exact) mass is 756 g/mol. The topological polar surface area (TPSA) is 64.7 Å². The van der Waals surface area contributed by atoms with E-state index in [2.05, 4.69) is 75.8 Å². The molecule has 0 radical (unpaired) electrons. The number of piperazine rings is 2. The van der Waals surface area contributed by atoms with E-state index in [4.69, 9.17) is 34.8 Å². The minimum Gasteiger partial charge on any atom is -0.351 e. The van der Waals surface area contributed by atoms with Crippen molar-refractivity contribution in [3.63, 3.8) is 0 Å². The van der Waals surface area contributed by atoms with Gasteiger partial charge in [0.25, 0.3) is 0 Å². The maximum atomic E-state index is 13.2. The van der Waals surface area contributed by atoms with Crippen LogP contribution in [0.15, 0.2) is 36.4 Å². The molecule has 2 amide bonds. The second-order valence-electron chi connectivity index (χ2n) is 14.9. The number of benzene rings is 2. The van der Waals surface area contributed by atoms with Crippen molar-refractivity contribution in [2.24, 2.45) is 23.7 Å². The number of carbonyl (C=O) groups excluding carboxylic acids is 2. The van der Waals surface area contributed by atoms with Gasteiger partial charge in [-0.2, -0.15) is 0 Å². The van der Waals surface area contributed by atoms with Crippen LogP contribution in [-0.4, -0.2) is 58.9 Å². The summed E-state index contributed by atoms with van der Waals surface area (Å²) in [6.07, 6.45) is 1.81. The third-order valence-corrected chi connectivity index (χ3v) is 9.92. The number of hydrogen-bond donors (Lipinski definition) is 2. The van der Waals surface area contributed by atoms with Crippen LogP contribution in [0.4, 0.5) is 4.39 Å². The first-order valence-electron chi connectivity index (χ1n) is 18.3. The van der Waals surface area contributed by atoms with Crippen LogP contribution in [-0.2, 0) is 22.7 Å². The summed E-state index contributed by atoms with van der Waals surface area (Å²) >= 11 is 17.8. The van der Waals surface area contributed by atoms with Gasteiger partial charge in [-0.05, 0) is 85.8 Å². The molecule has 2 heterocycles. The molecule has 2 saturated heterocycles. The summed E-state index contributed by atoms with van der Waals surface area (Å²) in [5, 5.41) is 7.35. The van der Waals surface area contributed by atoms with Gasteiger partial charge in [-0.1, -0.05) is 116 Å². The van der Waals surface area contributed by atoms with Crippen LogP contribution in [0.1, 0.15) is 107 Å². The molecule has 2 fully saturated rings. The van der Waals surface area contributed by atoms with Crippen molar-refractivity contribution >= 4 is 46.6 Å². The Morgan fingerprint density at radius 3 is 1.72 bits per heavy atom. The first-order valence-corrected chi connectivity index (χ1v) is 19.5. The number of halogens is 4. The molecule has 0 saturated carbocycles. The molecule has 0 spiro atoms. The van der Waals surface area contributed by atoms with E-state index in [-0.39, 0.29) is 41.0 Å². The number of amides is 2. The van der Waals surface area contributed by atoms with Gasteiger partial charge >= 0.3 is 0 Å². The Hall–Kier alpha value is -1.90. The molecule has 4 rings (SSSR count). The van der Waals surface area contributed by atoms with Crippen molar-refractivity contribution in [3.05, 3.63) is 68.4 Å². The number of hydrogen-bond acceptors (Lipinski definition) is 4. The molecule has 2 aromatic rings. The fourth-order valence-corrected chi connectivity index (χ4v) is 6.05. The van der Waals surface area contributed by atoms with E-state index < -0.39 is 5.82 Å². The quantitative estimate of drug-likeness (QED) is 0.267. The Morgan fingerprint density at radius 1 is 0.700 bits per heavy atom. The van der Waals surface area contributed by atoms with Crippen molar-refractivity contribution in [1.82, 2.24) is 20.4 Å². The molecule has 0 aliphatic carbocycles. The third kappa shape index (κ3) is 16.2. The molecule has 4 atom stereocenters. The Balaban J connectivity index is 0.000000413. The summed E-state index contributed by atoms with van der Waals surface area (Å²) in [4.78, 5) is 28.7. The molecule has 10 heteroatoms. The van der Waals surface area contributed by atoms with E-state index in [1.165, 1.54) is 6.07 Å². The van der Waals surface area contributed by atoms with Crippen LogP contribution in [0.5, 0.6) is 0 Å². The summed E-state index contributed by atoms with van der Waals surface area (Å²) in [5.74, 6) is 2.48. The molecule has 284 valence electrons. The lowest BCUT2D eigenvalue weighted by Gasteiger charge is -2.39. The van der Waals surface area contributed by atoms with Gasteiger partial charge in [0.2, 0.25) is 11.8 Å². The second kappa shape index (κ2) is 22.9. The molecule has 2 aliphatic rings. The van der Waals surface area contributed by atoms with Crippen LogP contribution in [0, 0.1) is 29.5 Å². The van der Waals surface area contributed by atoms with E-state index in [0.717, 1.165) is 48.9 Å². The van der Waals surface area contributed by atoms with Crippen molar-refractivity contribution in [2.75, 3.05) is 13.1 Å². The minimum atomic E-state index is -0.413. The highest BCUT2D eigenvalue weighted by molar-refractivity contribution is 6.42. The molecule has 0 aromatic heterocycles. The maximum Gasteiger partial charge on any atom is 0.237 e. The number of nitrogens with zero attached hydrogens (tertiary/aromatic N) is 2. The Kier molecular flexibility index (Phi) is 21.1. The summed E-state index contributed by atoms with van der Waals surface area (Å²) in [7, 11) is 0. The fourth-order valence-electron chi connectivity index (χ4n) is 5.53. The number of carbonyl (C=O) groups is 2. The normalized spacial score (nSPS) is 21.1. The number of nitrogens with one attached hydrogen (secondary N) is 2. The van der Waals surface area contributed by atoms with E-state index in [0.29, 0.717) is 35.0 Å². The standard InChI is InChI=1S/C16H22Cl2N2O.C16H22ClFN2O.C6H14.C2H6/c1-10(2)6-13-9-20(11(3)16(21)19-13)8-12-4-5-14(17)15(18)7-12;1-10(2)6-15-16(21)19-11(3)8-20(15)9-12-4-5-14(18)13(17)7-12;1-5(2)6(3)4;1-2/h4-5,7,10-11,13H,6,8-9H2,1-3H3,(H,19,21);4-5,7,10-11,15H,6,8-9H2,1-3H3,(H,19,21);5-6H,1-4H3;1-2H3. The molecule has 2 N–H and O–H groups in total. The summed E-state index contributed by atoms with van der Waals surface area (Å²) in [6.45, 7) is 28.4. The van der Waals surface area contributed by atoms with Crippen LogP contribution >= 0.6 is 34.8 Å². The van der Waals surface area contributed by atoms with Crippen LogP contribution < -0.4 is 10.6 Å². The SMILES string of the molecule is CC.CC(C)C(C)C.CC(C)CC1C(=O)NC(C)CN1Cc1ccc(F)c(Cl)c1.CC(C)CC1CN(Cc2ccc(Cl)c(Cl)c2)C(C)C(=O)N1. The van der Waals surface area contributed by atoms with Crippen molar-refractivity contribution in [3.8, 4) is 0 Å². The van der Waals surface area contributed by atoms with Crippen LogP contribution in [0.25, 0.3) is 0 Å². The average Bonchev–Trinajstić information content (AvgIpc) is 3.02. The Bertz CT molecular complexity index is 1320. The summed E-state index contributed by atoms with van der Waals surface area (Å²) < 4.78 is 13.2. The molecule has 50 heavy (non-hydrogen) atoms. The minimum absolute atomic E-state index is 0.0793. The van der Waals surface area contributed by atoms with Crippen LogP contribution in [0.3, 0.4) is 0 Å². The Labute approximate surface area is 318 Å². The van der Waals surface area contributed by atoms with Crippen molar-refractivity contribution < 1.29 is 14.0 Å². The lowest BCUT2D eigenvalue weighted by atomic mass is 9.98. The van der Waals surface area contributed by atoms with Gasteiger partial charge in [0.15, 0.2) is 0 Å². The second-order valence-corrected chi connectivity index (χ2v) is 16.1. The lowest BCUT2D eigenvalue weighted by molar-refractivity contribution is -0.132. The molecule has 2 aromatic carbocycles. The highest BCUT2D eigenvalue weighted by atomic mass is 35.5. The van der Waals surface area contributed by atoms with Gasteiger partial charge in [0, 0.05) is 38.3 Å². The fraction of sp³-hybridized carbons (Fsp3) is 0.650. The number of rotatable bonds is 9. The van der Waals surface area contributed by atoms with Gasteiger partial charge in [0.05, 0.1) is 27.2 Å². The molecular formula is C40H64Cl3FN4O2. The first kappa shape index (κ1) is 46.1. The Morgan fingerprint density at radius 2 is 1.22 bits per heavy atom. The van der Waals surface area contributed by atoms with Crippen molar-refractivity contribution in [2.45, 2.75) is 133 Å². The van der Waals surface area contributed by atoms with E-state index in [9.17, 15) is 14.0 Å². The molecule has 0 bridgehead atoms. The molecule has 6 nitrogen and oxygen atoms in total. The molecule has 2 aliphatic heterocycles. The average molecular weight is 758 g/mol.